The Morgan fingerprint density at radius 1 is 1.33 bits per heavy atom. The predicted molar refractivity (Wildman–Crippen MR) is 55.6 cm³/mol. The first-order valence-electron chi connectivity index (χ1n) is 4.40. The highest BCUT2D eigenvalue weighted by molar-refractivity contribution is 6.29. The normalized spacial score (nSPS) is 10.2. The largest absolute Gasteiger partial charge is 0.367 e. The number of nitrogens with one attached hydrogen (secondary N) is 1. The molecule has 0 bridgehead atoms. The SMILES string of the molecule is Clc1ccc(NCCn2cncn2)nn1. The molecule has 1 N–H and O–H groups in total. The van der Waals surface area contributed by atoms with E-state index in [1.54, 1.807) is 23.1 Å². The minimum atomic E-state index is 0.386. The Morgan fingerprint density at radius 3 is 2.93 bits per heavy atom. The van der Waals surface area contributed by atoms with Gasteiger partial charge in [-0.3, -0.25) is 4.68 Å². The highest BCUT2D eigenvalue weighted by atomic mass is 35.5. The minimum absolute atomic E-state index is 0.386. The van der Waals surface area contributed by atoms with E-state index in [0.717, 1.165) is 6.54 Å². The molecule has 0 radical (unpaired) electrons. The molecule has 0 fully saturated rings. The van der Waals surface area contributed by atoms with Crippen LogP contribution in [0, 0.1) is 0 Å². The molecule has 15 heavy (non-hydrogen) atoms. The van der Waals surface area contributed by atoms with E-state index in [9.17, 15) is 0 Å². The Morgan fingerprint density at radius 2 is 2.27 bits per heavy atom. The molecule has 2 heterocycles. The molecule has 7 heteroatoms. The molecule has 2 rings (SSSR count). The van der Waals surface area contributed by atoms with Crippen LogP contribution >= 0.6 is 11.6 Å². The monoisotopic (exact) mass is 224 g/mol. The number of nitrogens with zero attached hydrogens (tertiary/aromatic N) is 5. The molecule has 0 unspecified atom stereocenters. The van der Waals surface area contributed by atoms with Gasteiger partial charge < -0.3 is 5.32 Å². The van der Waals surface area contributed by atoms with Gasteiger partial charge in [0.15, 0.2) is 5.15 Å². The number of hydrogen-bond donors (Lipinski definition) is 1. The van der Waals surface area contributed by atoms with E-state index in [1.807, 2.05) is 0 Å². The molecule has 2 aromatic heterocycles. The summed E-state index contributed by atoms with van der Waals surface area (Å²) in [6.07, 6.45) is 3.16. The van der Waals surface area contributed by atoms with E-state index in [2.05, 4.69) is 25.6 Å². The molecule has 78 valence electrons. The summed E-state index contributed by atoms with van der Waals surface area (Å²) in [5, 5.41) is 15.0. The van der Waals surface area contributed by atoms with Gasteiger partial charge in [0, 0.05) is 6.54 Å². The van der Waals surface area contributed by atoms with Gasteiger partial charge in [0.25, 0.3) is 0 Å². The smallest absolute Gasteiger partial charge is 0.151 e. The lowest BCUT2D eigenvalue weighted by molar-refractivity contribution is 0.635. The predicted octanol–water partition coefficient (Wildman–Crippen LogP) is 0.834. The fourth-order valence-electron chi connectivity index (χ4n) is 1.06. The van der Waals surface area contributed by atoms with Crippen molar-refractivity contribution in [1.82, 2.24) is 25.0 Å². The Kier molecular flexibility index (Phi) is 3.08. The van der Waals surface area contributed by atoms with Crippen molar-refractivity contribution in [1.29, 1.82) is 0 Å². The van der Waals surface area contributed by atoms with Crippen molar-refractivity contribution < 1.29 is 0 Å². The van der Waals surface area contributed by atoms with Gasteiger partial charge in [0.05, 0.1) is 6.54 Å². The third-order valence-electron chi connectivity index (χ3n) is 1.75. The van der Waals surface area contributed by atoms with E-state index in [0.29, 0.717) is 17.5 Å². The summed E-state index contributed by atoms with van der Waals surface area (Å²) in [5.74, 6) is 0.694. The van der Waals surface area contributed by atoms with Crippen molar-refractivity contribution in [2.45, 2.75) is 6.54 Å². The van der Waals surface area contributed by atoms with Crippen molar-refractivity contribution in [2.75, 3.05) is 11.9 Å². The third-order valence-corrected chi connectivity index (χ3v) is 1.95. The topological polar surface area (TPSA) is 68.5 Å². The summed E-state index contributed by atoms with van der Waals surface area (Å²) >= 11 is 5.60. The summed E-state index contributed by atoms with van der Waals surface area (Å²) in [7, 11) is 0. The number of rotatable bonds is 4. The molecule has 0 aliphatic rings. The van der Waals surface area contributed by atoms with Gasteiger partial charge in [-0.2, -0.15) is 5.10 Å². The standard InChI is InChI=1S/C8H9ClN6/c9-7-1-2-8(14-13-7)11-3-4-15-6-10-5-12-15/h1-2,5-6H,3-4H2,(H,11,14). The van der Waals surface area contributed by atoms with Crippen molar-refractivity contribution in [3.8, 4) is 0 Å². The Bertz CT molecular complexity index is 398. The summed E-state index contributed by atoms with van der Waals surface area (Å²) in [6.45, 7) is 1.43. The maximum atomic E-state index is 5.60. The Labute approximate surface area is 91.3 Å². The maximum Gasteiger partial charge on any atom is 0.151 e. The molecule has 2 aromatic rings. The second kappa shape index (κ2) is 4.70. The van der Waals surface area contributed by atoms with Crippen LogP contribution in [0.2, 0.25) is 5.15 Å². The quantitative estimate of drug-likeness (QED) is 0.833. The zero-order valence-corrected chi connectivity index (χ0v) is 8.59. The highest BCUT2D eigenvalue weighted by Crippen LogP contribution is 2.05. The first-order chi connectivity index (χ1) is 7.34. The molecule has 0 aliphatic carbocycles. The van der Waals surface area contributed by atoms with Crippen LogP contribution in [0.15, 0.2) is 24.8 Å². The summed E-state index contributed by atoms with van der Waals surface area (Å²) < 4.78 is 1.73. The van der Waals surface area contributed by atoms with Crippen LogP contribution < -0.4 is 5.32 Å². The van der Waals surface area contributed by atoms with Crippen molar-refractivity contribution >= 4 is 17.4 Å². The van der Waals surface area contributed by atoms with Crippen LogP contribution in [0.3, 0.4) is 0 Å². The molecule has 0 saturated carbocycles. The molecule has 0 aromatic carbocycles. The maximum absolute atomic E-state index is 5.60. The van der Waals surface area contributed by atoms with Crippen LogP contribution in [-0.4, -0.2) is 31.5 Å². The van der Waals surface area contributed by atoms with Crippen molar-refractivity contribution in [3.63, 3.8) is 0 Å². The van der Waals surface area contributed by atoms with E-state index >= 15 is 0 Å². The third kappa shape index (κ3) is 2.88. The van der Waals surface area contributed by atoms with Crippen LogP contribution in [-0.2, 0) is 6.54 Å². The molecular formula is C8H9ClN6. The fraction of sp³-hybridized carbons (Fsp3) is 0.250. The van der Waals surface area contributed by atoms with Gasteiger partial charge >= 0.3 is 0 Å². The van der Waals surface area contributed by atoms with Crippen LogP contribution in [0.25, 0.3) is 0 Å². The fourth-order valence-corrected chi connectivity index (χ4v) is 1.16. The molecule has 6 nitrogen and oxygen atoms in total. The summed E-state index contributed by atoms with van der Waals surface area (Å²) in [6, 6.07) is 3.46. The first kappa shape index (κ1) is 9.85. The van der Waals surface area contributed by atoms with Gasteiger partial charge in [-0.15, -0.1) is 10.2 Å². The average Bonchev–Trinajstić information content (AvgIpc) is 2.74. The number of anilines is 1. The molecule has 0 amide bonds. The van der Waals surface area contributed by atoms with Crippen molar-refractivity contribution in [3.05, 3.63) is 29.9 Å². The second-order valence-corrected chi connectivity index (χ2v) is 3.21. The van der Waals surface area contributed by atoms with Gasteiger partial charge in [0.2, 0.25) is 0 Å². The van der Waals surface area contributed by atoms with Crippen molar-refractivity contribution in [2.24, 2.45) is 0 Å². The Hall–Kier alpha value is -1.69. The lowest BCUT2D eigenvalue weighted by atomic mass is 10.5. The molecule has 0 aliphatic heterocycles. The summed E-state index contributed by atoms with van der Waals surface area (Å²) in [4.78, 5) is 3.84. The summed E-state index contributed by atoms with van der Waals surface area (Å²) in [5.41, 5.74) is 0. The van der Waals surface area contributed by atoms with Gasteiger partial charge in [0.1, 0.15) is 18.5 Å². The van der Waals surface area contributed by atoms with Gasteiger partial charge in [-0.05, 0) is 12.1 Å². The lowest BCUT2D eigenvalue weighted by Crippen LogP contribution is -2.11. The second-order valence-electron chi connectivity index (χ2n) is 2.83. The van der Waals surface area contributed by atoms with E-state index in [4.69, 9.17) is 11.6 Å². The number of halogens is 1. The van der Waals surface area contributed by atoms with Crippen LogP contribution in [0.4, 0.5) is 5.82 Å². The van der Waals surface area contributed by atoms with E-state index in [-0.39, 0.29) is 0 Å². The number of hydrogen-bond acceptors (Lipinski definition) is 5. The van der Waals surface area contributed by atoms with Gasteiger partial charge in [-0.25, -0.2) is 4.98 Å². The zero-order valence-electron chi connectivity index (χ0n) is 7.84. The van der Waals surface area contributed by atoms with Crippen LogP contribution in [0.5, 0.6) is 0 Å². The first-order valence-corrected chi connectivity index (χ1v) is 4.78. The average molecular weight is 225 g/mol. The Balaban J connectivity index is 1.81. The van der Waals surface area contributed by atoms with Gasteiger partial charge in [-0.1, -0.05) is 11.6 Å². The van der Waals surface area contributed by atoms with E-state index < -0.39 is 0 Å². The molecule has 0 atom stereocenters. The zero-order chi connectivity index (χ0) is 10.5. The van der Waals surface area contributed by atoms with E-state index in [1.165, 1.54) is 6.33 Å². The lowest BCUT2D eigenvalue weighted by Gasteiger charge is -2.03. The van der Waals surface area contributed by atoms with Crippen LogP contribution in [0.1, 0.15) is 0 Å². The molecule has 0 saturated heterocycles. The minimum Gasteiger partial charge on any atom is -0.367 e. The molecular weight excluding hydrogens is 216 g/mol. The number of aromatic nitrogens is 5. The highest BCUT2D eigenvalue weighted by Gasteiger charge is 1.95. The molecule has 0 spiro atoms.